The summed E-state index contributed by atoms with van der Waals surface area (Å²) >= 11 is 6.37. The number of carbonyl (C=O) groups is 1. The maximum absolute atomic E-state index is 13.3. The normalized spacial score (nSPS) is 12.3. The molecule has 1 aromatic heterocycles. The molecule has 0 bridgehead atoms. The Kier molecular flexibility index (Phi) is 5.60. The lowest BCUT2D eigenvalue weighted by molar-refractivity contribution is 0.0938. The highest BCUT2D eigenvalue weighted by atomic mass is 35.5. The van der Waals surface area contributed by atoms with Gasteiger partial charge in [-0.1, -0.05) is 85.2 Å². The summed E-state index contributed by atoms with van der Waals surface area (Å²) in [5, 5.41) is 10.1. The van der Waals surface area contributed by atoms with Gasteiger partial charge in [0.15, 0.2) is 5.76 Å². The third-order valence-electron chi connectivity index (χ3n) is 5.22. The average molecular weight is 419 g/mol. The number of benzene rings is 3. The molecular formula is C25H23ClN2O2. The molecule has 152 valence electrons. The van der Waals surface area contributed by atoms with Crippen molar-refractivity contribution in [3.05, 3.63) is 88.6 Å². The van der Waals surface area contributed by atoms with Crippen LogP contribution in [0.25, 0.3) is 22.0 Å². The van der Waals surface area contributed by atoms with Crippen LogP contribution in [0.3, 0.4) is 0 Å². The number of hydrogen-bond donors (Lipinski definition) is 1. The second kappa shape index (κ2) is 8.33. The molecule has 4 aromatic rings. The second-order valence-corrected chi connectivity index (χ2v) is 8.11. The van der Waals surface area contributed by atoms with E-state index in [4.69, 9.17) is 16.1 Å². The Labute approximate surface area is 180 Å². The Morgan fingerprint density at radius 1 is 0.967 bits per heavy atom. The van der Waals surface area contributed by atoms with Crippen LogP contribution >= 0.6 is 11.6 Å². The summed E-state index contributed by atoms with van der Waals surface area (Å²) in [5.41, 5.74) is 2.61. The van der Waals surface area contributed by atoms with Gasteiger partial charge in [-0.25, -0.2) is 0 Å². The van der Waals surface area contributed by atoms with Crippen LogP contribution in [0.4, 0.5) is 0 Å². The Hall–Kier alpha value is -3.11. The monoisotopic (exact) mass is 418 g/mol. The molecule has 0 saturated carbocycles. The van der Waals surface area contributed by atoms with Crippen LogP contribution in [0, 0.1) is 0 Å². The molecular weight excluding hydrogens is 396 g/mol. The molecule has 0 aliphatic rings. The van der Waals surface area contributed by atoms with Gasteiger partial charge in [-0.2, -0.15) is 0 Å². The van der Waals surface area contributed by atoms with Gasteiger partial charge in [0.2, 0.25) is 0 Å². The van der Waals surface area contributed by atoms with Gasteiger partial charge in [0.25, 0.3) is 5.91 Å². The Balaban J connectivity index is 1.68. The Bertz CT molecular complexity index is 1210. The van der Waals surface area contributed by atoms with E-state index in [9.17, 15) is 4.79 Å². The summed E-state index contributed by atoms with van der Waals surface area (Å²) in [7, 11) is 0. The van der Waals surface area contributed by atoms with Crippen molar-refractivity contribution in [3.63, 3.8) is 0 Å². The number of fused-ring (bicyclic) bond motifs is 1. The van der Waals surface area contributed by atoms with Crippen molar-refractivity contribution in [2.45, 2.75) is 32.7 Å². The van der Waals surface area contributed by atoms with Crippen molar-refractivity contribution in [2.75, 3.05) is 0 Å². The molecule has 1 heterocycles. The molecule has 1 atom stereocenters. The van der Waals surface area contributed by atoms with Crippen molar-refractivity contribution in [1.29, 1.82) is 0 Å². The van der Waals surface area contributed by atoms with Gasteiger partial charge in [-0.05, 0) is 35.4 Å². The number of nitrogens with zero attached hydrogens (tertiary/aromatic N) is 1. The molecule has 0 radical (unpaired) electrons. The minimum absolute atomic E-state index is 0.00506. The lowest BCUT2D eigenvalue weighted by Gasteiger charge is -2.16. The number of amides is 1. The third kappa shape index (κ3) is 3.83. The molecule has 1 amide bonds. The van der Waals surface area contributed by atoms with E-state index in [1.165, 1.54) is 5.39 Å². The largest absolute Gasteiger partial charge is 0.360 e. The molecule has 4 rings (SSSR count). The summed E-state index contributed by atoms with van der Waals surface area (Å²) < 4.78 is 5.56. The molecule has 3 aromatic carbocycles. The van der Waals surface area contributed by atoms with E-state index >= 15 is 0 Å². The Morgan fingerprint density at radius 2 is 1.67 bits per heavy atom. The van der Waals surface area contributed by atoms with Gasteiger partial charge in [-0.3, -0.25) is 4.79 Å². The first-order valence-corrected chi connectivity index (χ1v) is 10.4. The standard InChI is InChI=1S/C25H23ClN2O2/c1-15(2)24-22(23(28-30-24)20-10-6-7-11-21(20)26)25(29)27-16(3)18-13-12-17-8-4-5-9-19(17)14-18/h4-16H,1-3H3,(H,27,29)/t16-/m1/s1. The number of halogens is 1. The van der Waals surface area contributed by atoms with E-state index in [2.05, 4.69) is 34.7 Å². The highest BCUT2D eigenvalue weighted by Crippen LogP contribution is 2.34. The lowest BCUT2D eigenvalue weighted by Crippen LogP contribution is -2.27. The molecule has 5 heteroatoms. The van der Waals surface area contributed by atoms with Gasteiger partial charge in [0.05, 0.1) is 11.1 Å². The highest BCUT2D eigenvalue weighted by Gasteiger charge is 2.27. The summed E-state index contributed by atoms with van der Waals surface area (Å²) in [6.45, 7) is 5.92. The van der Waals surface area contributed by atoms with Crippen LogP contribution in [0.2, 0.25) is 5.02 Å². The summed E-state index contributed by atoms with van der Waals surface area (Å²) in [5.74, 6) is 0.328. The predicted molar refractivity (Wildman–Crippen MR) is 121 cm³/mol. The van der Waals surface area contributed by atoms with Crippen molar-refractivity contribution < 1.29 is 9.32 Å². The smallest absolute Gasteiger partial charge is 0.257 e. The number of hydrogen-bond acceptors (Lipinski definition) is 3. The molecule has 0 spiro atoms. The van der Waals surface area contributed by atoms with Gasteiger partial charge in [0.1, 0.15) is 11.3 Å². The number of carbonyl (C=O) groups excluding carboxylic acids is 1. The minimum Gasteiger partial charge on any atom is -0.360 e. The number of aromatic nitrogens is 1. The van der Waals surface area contributed by atoms with Crippen LogP contribution < -0.4 is 5.32 Å². The maximum atomic E-state index is 13.3. The van der Waals surface area contributed by atoms with E-state index in [1.54, 1.807) is 6.07 Å². The second-order valence-electron chi connectivity index (χ2n) is 7.71. The van der Waals surface area contributed by atoms with Crippen LogP contribution in [0.15, 0.2) is 71.3 Å². The zero-order valence-electron chi connectivity index (χ0n) is 17.1. The third-order valence-corrected chi connectivity index (χ3v) is 5.55. The summed E-state index contributed by atoms with van der Waals surface area (Å²) in [6, 6.07) is 21.5. The van der Waals surface area contributed by atoms with Crippen LogP contribution in [-0.2, 0) is 0 Å². The van der Waals surface area contributed by atoms with E-state index in [1.807, 2.05) is 57.2 Å². The summed E-state index contributed by atoms with van der Waals surface area (Å²) in [6.07, 6.45) is 0. The minimum atomic E-state index is -0.226. The van der Waals surface area contributed by atoms with Crippen molar-refractivity contribution >= 4 is 28.3 Å². The van der Waals surface area contributed by atoms with E-state index in [0.717, 1.165) is 10.9 Å². The zero-order chi connectivity index (χ0) is 21.3. The molecule has 1 N–H and O–H groups in total. The van der Waals surface area contributed by atoms with Crippen LogP contribution in [-0.4, -0.2) is 11.1 Å². The van der Waals surface area contributed by atoms with Gasteiger partial charge in [0, 0.05) is 11.5 Å². The average Bonchev–Trinajstić information content (AvgIpc) is 3.19. The van der Waals surface area contributed by atoms with Crippen molar-refractivity contribution in [3.8, 4) is 11.3 Å². The van der Waals surface area contributed by atoms with Crippen LogP contribution in [0.1, 0.15) is 54.4 Å². The van der Waals surface area contributed by atoms with Gasteiger partial charge >= 0.3 is 0 Å². The van der Waals surface area contributed by atoms with E-state index in [0.29, 0.717) is 27.6 Å². The predicted octanol–water partition coefficient (Wildman–Crippen LogP) is 6.76. The molecule has 30 heavy (non-hydrogen) atoms. The van der Waals surface area contributed by atoms with E-state index in [-0.39, 0.29) is 17.9 Å². The van der Waals surface area contributed by atoms with Crippen LogP contribution in [0.5, 0.6) is 0 Å². The molecule has 0 saturated heterocycles. The lowest BCUT2D eigenvalue weighted by atomic mass is 9.99. The molecule has 4 nitrogen and oxygen atoms in total. The first kappa shape index (κ1) is 20.2. The molecule has 0 unspecified atom stereocenters. The molecule has 0 aliphatic heterocycles. The fourth-order valence-corrected chi connectivity index (χ4v) is 3.81. The highest BCUT2D eigenvalue weighted by molar-refractivity contribution is 6.33. The van der Waals surface area contributed by atoms with Gasteiger partial charge in [-0.15, -0.1) is 0 Å². The van der Waals surface area contributed by atoms with Crippen molar-refractivity contribution in [2.24, 2.45) is 0 Å². The zero-order valence-corrected chi connectivity index (χ0v) is 17.9. The number of nitrogens with one attached hydrogen (secondary N) is 1. The fourth-order valence-electron chi connectivity index (χ4n) is 3.58. The SMILES string of the molecule is CC(C)c1onc(-c2ccccc2Cl)c1C(=O)N[C@H](C)c1ccc2ccccc2c1. The fraction of sp³-hybridized carbons (Fsp3) is 0.200. The van der Waals surface area contributed by atoms with E-state index < -0.39 is 0 Å². The first-order valence-electron chi connectivity index (χ1n) is 9.99. The van der Waals surface area contributed by atoms with Gasteiger partial charge < -0.3 is 9.84 Å². The molecule has 0 aliphatic carbocycles. The molecule has 0 fully saturated rings. The number of rotatable bonds is 5. The summed E-state index contributed by atoms with van der Waals surface area (Å²) in [4.78, 5) is 13.3. The topological polar surface area (TPSA) is 55.1 Å². The van der Waals surface area contributed by atoms with Crippen molar-refractivity contribution in [1.82, 2.24) is 10.5 Å². The maximum Gasteiger partial charge on any atom is 0.257 e. The Morgan fingerprint density at radius 3 is 2.40 bits per heavy atom. The first-order chi connectivity index (χ1) is 14.5. The quantitative estimate of drug-likeness (QED) is 0.389.